The van der Waals surface area contributed by atoms with Crippen LogP contribution in [0.3, 0.4) is 0 Å². The highest BCUT2D eigenvalue weighted by Crippen LogP contribution is 2.20. The van der Waals surface area contributed by atoms with E-state index in [1.165, 1.54) is 11.8 Å². The molecule has 1 amide bonds. The molecule has 0 spiro atoms. The largest absolute Gasteiger partial charge is 0.486 e. The monoisotopic (exact) mass is 461 g/mol. The number of ether oxygens (including phenoxy) is 1. The number of pyridine rings is 1. The van der Waals surface area contributed by atoms with Gasteiger partial charge in [0.2, 0.25) is 5.91 Å². The van der Waals surface area contributed by atoms with Crippen molar-refractivity contribution in [2.75, 3.05) is 11.1 Å². The summed E-state index contributed by atoms with van der Waals surface area (Å²) in [5.41, 5.74) is 2.30. The van der Waals surface area contributed by atoms with Gasteiger partial charge in [0.05, 0.1) is 5.75 Å². The number of halogens is 1. The zero-order valence-electron chi connectivity index (χ0n) is 15.8. The molecule has 0 saturated heterocycles. The average molecular weight is 462 g/mol. The summed E-state index contributed by atoms with van der Waals surface area (Å²) in [4.78, 5) is 16.2. The molecule has 0 aliphatic heterocycles. The lowest BCUT2D eigenvalue weighted by atomic mass is 10.1. The number of aryl methyl sites for hydroxylation is 2. The number of nitrogens with one attached hydrogen (secondary N) is 1. The Morgan fingerprint density at radius 3 is 2.64 bits per heavy atom. The van der Waals surface area contributed by atoms with E-state index in [0.29, 0.717) is 23.4 Å². The molecule has 3 aromatic rings. The first kappa shape index (κ1) is 20.3. The summed E-state index contributed by atoms with van der Waals surface area (Å²) in [5, 5.41) is 11.7. The van der Waals surface area contributed by atoms with Crippen molar-refractivity contribution in [3.05, 3.63) is 58.0 Å². The van der Waals surface area contributed by atoms with Gasteiger partial charge in [-0.25, -0.2) is 4.98 Å². The Labute approximate surface area is 176 Å². The highest BCUT2D eigenvalue weighted by molar-refractivity contribution is 9.10. The van der Waals surface area contributed by atoms with Crippen molar-refractivity contribution in [2.45, 2.75) is 25.6 Å². The molecule has 0 saturated carbocycles. The second kappa shape index (κ2) is 9.20. The van der Waals surface area contributed by atoms with Crippen LogP contribution in [0.1, 0.15) is 17.0 Å². The molecule has 146 valence electrons. The number of carbonyl (C=O) groups is 1. The van der Waals surface area contributed by atoms with Gasteiger partial charge < -0.3 is 14.6 Å². The van der Waals surface area contributed by atoms with Gasteiger partial charge in [0.15, 0.2) is 11.0 Å². The number of nitrogens with zero attached hydrogens (tertiary/aromatic N) is 4. The molecule has 0 fully saturated rings. The predicted octanol–water partition coefficient (Wildman–Crippen LogP) is 3.90. The molecule has 2 aromatic heterocycles. The average Bonchev–Trinajstić information content (AvgIpc) is 2.99. The van der Waals surface area contributed by atoms with Crippen LogP contribution in [0.25, 0.3) is 0 Å². The van der Waals surface area contributed by atoms with Gasteiger partial charge in [0.25, 0.3) is 0 Å². The fourth-order valence-corrected chi connectivity index (χ4v) is 3.48. The summed E-state index contributed by atoms with van der Waals surface area (Å²) in [6.07, 6.45) is 1.63. The summed E-state index contributed by atoms with van der Waals surface area (Å²) in [6.45, 7) is 4.37. The van der Waals surface area contributed by atoms with E-state index in [4.69, 9.17) is 4.74 Å². The zero-order valence-corrected chi connectivity index (χ0v) is 18.2. The van der Waals surface area contributed by atoms with Crippen LogP contribution in [0.15, 0.2) is 46.2 Å². The number of rotatable bonds is 7. The van der Waals surface area contributed by atoms with Crippen molar-refractivity contribution in [1.82, 2.24) is 19.7 Å². The van der Waals surface area contributed by atoms with Gasteiger partial charge in [-0.15, -0.1) is 10.2 Å². The molecule has 1 aromatic carbocycles. The Morgan fingerprint density at radius 2 is 1.96 bits per heavy atom. The molecule has 0 atom stereocenters. The molecular weight excluding hydrogens is 442 g/mol. The smallest absolute Gasteiger partial charge is 0.236 e. The lowest BCUT2D eigenvalue weighted by Crippen LogP contribution is -2.15. The number of thioether (sulfide) groups is 1. The van der Waals surface area contributed by atoms with E-state index < -0.39 is 0 Å². The lowest BCUT2D eigenvalue weighted by Gasteiger charge is -2.08. The minimum absolute atomic E-state index is 0.157. The van der Waals surface area contributed by atoms with Crippen LogP contribution in [0.5, 0.6) is 5.75 Å². The van der Waals surface area contributed by atoms with Gasteiger partial charge >= 0.3 is 0 Å². The minimum Gasteiger partial charge on any atom is -0.486 e. The molecule has 28 heavy (non-hydrogen) atoms. The number of carbonyl (C=O) groups excluding carboxylic acids is 1. The fraction of sp³-hybridized carbons (Fsp3) is 0.263. The second-order valence-electron chi connectivity index (χ2n) is 6.27. The van der Waals surface area contributed by atoms with Crippen molar-refractivity contribution in [1.29, 1.82) is 0 Å². The first-order valence-corrected chi connectivity index (χ1v) is 10.3. The molecule has 0 unspecified atom stereocenters. The van der Waals surface area contributed by atoms with E-state index in [0.717, 1.165) is 21.3 Å². The number of hydrogen-bond donors (Lipinski definition) is 1. The van der Waals surface area contributed by atoms with Crippen molar-refractivity contribution in [3.63, 3.8) is 0 Å². The summed E-state index contributed by atoms with van der Waals surface area (Å²) >= 11 is 4.62. The van der Waals surface area contributed by atoms with E-state index in [1.807, 2.05) is 43.7 Å². The molecule has 9 heteroatoms. The molecule has 0 bridgehead atoms. The van der Waals surface area contributed by atoms with E-state index in [-0.39, 0.29) is 11.7 Å². The Morgan fingerprint density at radius 1 is 1.21 bits per heavy atom. The molecule has 0 aliphatic rings. The molecular formula is C19H20BrN5O2S. The quantitative estimate of drug-likeness (QED) is 0.537. The predicted molar refractivity (Wildman–Crippen MR) is 113 cm³/mol. The normalized spacial score (nSPS) is 10.7. The van der Waals surface area contributed by atoms with E-state index in [2.05, 4.69) is 42.5 Å². The third-order valence-electron chi connectivity index (χ3n) is 3.82. The molecule has 1 N–H and O–H groups in total. The number of benzene rings is 1. The zero-order chi connectivity index (χ0) is 20.1. The summed E-state index contributed by atoms with van der Waals surface area (Å²) in [6, 6.07) is 9.62. The van der Waals surface area contributed by atoms with Gasteiger partial charge in [0, 0.05) is 17.7 Å². The molecule has 3 rings (SSSR count). The first-order valence-electron chi connectivity index (χ1n) is 8.54. The maximum Gasteiger partial charge on any atom is 0.236 e. The van der Waals surface area contributed by atoms with Gasteiger partial charge in [-0.2, -0.15) is 0 Å². The molecule has 2 heterocycles. The summed E-state index contributed by atoms with van der Waals surface area (Å²) in [5.74, 6) is 2.06. The van der Waals surface area contributed by atoms with E-state index >= 15 is 0 Å². The van der Waals surface area contributed by atoms with Crippen LogP contribution in [-0.2, 0) is 18.4 Å². The van der Waals surface area contributed by atoms with E-state index in [1.54, 1.807) is 12.3 Å². The SMILES string of the molecule is Cc1cc(C)cc(OCc2nnc(SCC(=O)Nc3ccc(Br)cn3)n2C)c1. The summed E-state index contributed by atoms with van der Waals surface area (Å²) in [7, 11) is 1.86. The van der Waals surface area contributed by atoms with Crippen LogP contribution in [0, 0.1) is 13.8 Å². The third kappa shape index (κ3) is 5.56. The van der Waals surface area contributed by atoms with Crippen molar-refractivity contribution < 1.29 is 9.53 Å². The number of aromatic nitrogens is 4. The maximum atomic E-state index is 12.1. The Hall–Kier alpha value is -2.39. The van der Waals surface area contributed by atoms with Crippen molar-refractivity contribution >= 4 is 39.4 Å². The van der Waals surface area contributed by atoms with Gasteiger partial charge in [0.1, 0.15) is 18.2 Å². The lowest BCUT2D eigenvalue weighted by molar-refractivity contribution is -0.113. The van der Waals surface area contributed by atoms with Crippen molar-refractivity contribution in [2.24, 2.45) is 7.05 Å². The minimum atomic E-state index is -0.157. The Balaban J connectivity index is 1.53. The van der Waals surface area contributed by atoms with Gasteiger partial charge in [-0.3, -0.25) is 4.79 Å². The summed E-state index contributed by atoms with van der Waals surface area (Å²) < 4.78 is 8.53. The standard InChI is InChI=1S/C19H20BrN5O2S/c1-12-6-13(2)8-15(7-12)27-10-17-23-24-19(25(17)3)28-11-18(26)22-16-5-4-14(20)9-21-16/h4-9H,10-11H2,1-3H3,(H,21,22,26). The topological polar surface area (TPSA) is 81.9 Å². The van der Waals surface area contributed by atoms with Crippen LogP contribution in [0.2, 0.25) is 0 Å². The third-order valence-corrected chi connectivity index (χ3v) is 5.30. The van der Waals surface area contributed by atoms with Crippen molar-refractivity contribution in [3.8, 4) is 5.75 Å². The molecule has 0 aliphatic carbocycles. The number of amides is 1. The van der Waals surface area contributed by atoms with Crippen LogP contribution >= 0.6 is 27.7 Å². The molecule has 7 nitrogen and oxygen atoms in total. The Bertz CT molecular complexity index is 955. The van der Waals surface area contributed by atoms with Crippen LogP contribution < -0.4 is 10.1 Å². The van der Waals surface area contributed by atoms with Crippen LogP contribution in [-0.4, -0.2) is 31.4 Å². The highest BCUT2D eigenvalue weighted by atomic mass is 79.9. The highest BCUT2D eigenvalue weighted by Gasteiger charge is 2.12. The number of hydrogen-bond acceptors (Lipinski definition) is 6. The fourth-order valence-electron chi connectivity index (χ4n) is 2.52. The second-order valence-corrected chi connectivity index (χ2v) is 8.13. The maximum absolute atomic E-state index is 12.1. The van der Waals surface area contributed by atoms with Gasteiger partial charge in [-0.05, 0) is 65.2 Å². The Kier molecular flexibility index (Phi) is 6.69. The van der Waals surface area contributed by atoms with Crippen LogP contribution in [0.4, 0.5) is 5.82 Å². The van der Waals surface area contributed by atoms with E-state index in [9.17, 15) is 4.79 Å². The number of anilines is 1. The first-order chi connectivity index (χ1) is 13.4. The van der Waals surface area contributed by atoms with Gasteiger partial charge in [-0.1, -0.05) is 17.8 Å². The molecule has 0 radical (unpaired) electrons.